The van der Waals surface area contributed by atoms with E-state index in [-0.39, 0.29) is 54.7 Å². The Labute approximate surface area is 255 Å². The Kier molecular flexibility index (Phi) is 10.2. The number of alkyl halides is 2. The van der Waals surface area contributed by atoms with E-state index in [9.17, 15) is 22.8 Å². The molecule has 2 aliphatic heterocycles. The average molecular weight is 610 g/mol. The molecule has 1 aliphatic carbocycles. The molecule has 2 heterocycles. The van der Waals surface area contributed by atoms with E-state index in [1.54, 1.807) is 6.92 Å². The lowest BCUT2D eigenvalue weighted by Crippen LogP contribution is -2.47. The van der Waals surface area contributed by atoms with E-state index >= 15 is 4.39 Å². The number of piperidine rings is 2. The molecule has 4 atom stereocenters. The Hall–Kier alpha value is -2.16. The summed E-state index contributed by atoms with van der Waals surface area (Å²) in [5, 5.41) is 3.10. The SMILES string of the molecule is CC(=O)NC(C)(C)CC(CC(C)(C)C)C1CCN(C(=O)[C@@H]2CC(N3CCC(F)(F)CC3)C[C@H]2c2ccc(F)cc2F)CC1. The molecule has 2 saturated heterocycles. The van der Waals surface area contributed by atoms with Crippen molar-refractivity contribution in [2.24, 2.45) is 23.2 Å². The first-order chi connectivity index (χ1) is 19.9. The zero-order chi connectivity index (χ0) is 31.7. The first-order valence-electron chi connectivity index (χ1n) is 16.1. The number of amides is 2. The van der Waals surface area contributed by atoms with E-state index < -0.39 is 29.4 Å². The molecule has 1 saturated carbocycles. The van der Waals surface area contributed by atoms with Crippen molar-refractivity contribution in [2.45, 2.75) is 116 Å². The summed E-state index contributed by atoms with van der Waals surface area (Å²) in [6.45, 7) is 14.1. The summed E-state index contributed by atoms with van der Waals surface area (Å²) in [7, 11) is 0. The van der Waals surface area contributed by atoms with Crippen LogP contribution in [0.4, 0.5) is 17.6 Å². The third-order valence-corrected chi connectivity index (χ3v) is 9.94. The molecule has 0 radical (unpaired) electrons. The smallest absolute Gasteiger partial charge is 0.250 e. The minimum atomic E-state index is -2.67. The van der Waals surface area contributed by atoms with E-state index in [1.165, 1.54) is 12.1 Å². The molecule has 1 aromatic rings. The third kappa shape index (κ3) is 8.95. The first-order valence-corrected chi connectivity index (χ1v) is 16.1. The molecular formula is C34H51F4N3O2. The first kappa shape index (κ1) is 33.7. The van der Waals surface area contributed by atoms with Gasteiger partial charge in [0, 0.05) is 69.5 Å². The van der Waals surface area contributed by atoms with Crippen LogP contribution < -0.4 is 5.32 Å². The van der Waals surface area contributed by atoms with Gasteiger partial charge in [-0.15, -0.1) is 0 Å². The van der Waals surface area contributed by atoms with Crippen molar-refractivity contribution in [1.29, 1.82) is 0 Å². The molecule has 1 N–H and O–H groups in total. The lowest BCUT2D eigenvalue weighted by molar-refractivity contribution is -0.138. The largest absolute Gasteiger partial charge is 0.351 e. The van der Waals surface area contributed by atoms with Gasteiger partial charge >= 0.3 is 0 Å². The molecule has 0 bridgehead atoms. The summed E-state index contributed by atoms with van der Waals surface area (Å²) in [6, 6.07) is 3.46. The molecule has 242 valence electrons. The fourth-order valence-electron chi connectivity index (χ4n) is 8.15. The maximum Gasteiger partial charge on any atom is 0.250 e. The van der Waals surface area contributed by atoms with Gasteiger partial charge < -0.3 is 10.2 Å². The number of benzene rings is 1. The minimum absolute atomic E-state index is 0.0111. The van der Waals surface area contributed by atoms with Gasteiger partial charge in [-0.25, -0.2) is 17.6 Å². The summed E-state index contributed by atoms with van der Waals surface area (Å²) in [5.41, 5.74) is 0.122. The topological polar surface area (TPSA) is 52.7 Å². The standard InChI is InChI=1S/C34H51F4N3O2/c1-22(42)39-33(5,6)21-24(20-32(2,3)4)23-9-13-41(14-10-23)31(43)29-19-26(40-15-11-34(37,38)12-16-40)18-28(29)27-8-7-25(35)17-30(27)36/h7-8,17,23-24,26,28-29H,9-16,18-21H2,1-6H3,(H,39,42)/t24?,26?,28-,29+/m0/s1. The lowest BCUT2D eigenvalue weighted by Gasteiger charge is -2.42. The van der Waals surface area contributed by atoms with Crippen molar-refractivity contribution in [3.63, 3.8) is 0 Å². The number of nitrogens with zero attached hydrogens (tertiary/aromatic N) is 2. The van der Waals surface area contributed by atoms with Gasteiger partial charge in [-0.1, -0.05) is 26.8 Å². The van der Waals surface area contributed by atoms with Gasteiger partial charge in [0.25, 0.3) is 5.92 Å². The molecule has 0 aromatic heterocycles. The van der Waals surface area contributed by atoms with E-state index in [4.69, 9.17) is 0 Å². The normalized spacial score (nSPS) is 26.4. The highest BCUT2D eigenvalue weighted by atomic mass is 19.3. The number of rotatable bonds is 8. The molecule has 1 aromatic carbocycles. The second-order valence-corrected chi connectivity index (χ2v) is 15.4. The van der Waals surface area contributed by atoms with Gasteiger partial charge in [0.1, 0.15) is 11.6 Å². The van der Waals surface area contributed by atoms with Crippen LogP contribution in [0.1, 0.15) is 104 Å². The Balaban J connectivity index is 1.48. The predicted octanol–water partition coefficient (Wildman–Crippen LogP) is 7.15. The second kappa shape index (κ2) is 13.1. The summed E-state index contributed by atoms with van der Waals surface area (Å²) in [6.07, 6.45) is 4.15. The monoisotopic (exact) mass is 609 g/mol. The van der Waals surface area contributed by atoms with Gasteiger partial charge in [-0.05, 0) is 87.2 Å². The van der Waals surface area contributed by atoms with E-state index in [0.29, 0.717) is 43.3 Å². The quantitative estimate of drug-likeness (QED) is 0.319. The van der Waals surface area contributed by atoms with E-state index in [2.05, 4.69) is 39.9 Å². The molecular weight excluding hydrogens is 558 g/mol. The number of halogens is 4. The van der Waals surface area contributed by atoms with Crippen LogP contribution in [-0.2, 0) is 9.59 Å². The predicted molar refractivity (Wildman–Crippen MR) is 161 cm³/mol. The van der Waals surface area contributed by atoms with Gasteiger partial charge in [0.15, 0.2) is 0 Å². The Morgan fingerprint density at radius 2 is 1.60 bits per heavy atom. The number of hydrogen-bond acceptors (Lipinski definition) is 3. The van der Waals surface area contributed by atoms with Gasteiger partial charge in [-0.3, -0.25) is 14.5 Å². The van der Waals surface area contributed by atoms with Crippen LogP contribution >= 0.6 is 0 Å². The maximum atomic E-state index is 15.0. The summed E-state index contributed by atoms with van der Waals surface area (Å²) >= 11 is 0. The van der Waals surface area contributed by atoms with E-state index in [1.807, 2.05) is 9.80 Å². The van der Waals surface area contributed by atoms with Crippen LogP contribution in [0.3, 0.4) is 0 Å². The number of nitrogens with one attached hydrogen (secondary N) is 1. The Bertz CT molecular complexity index is 1130. The number of likely N-dealkylation sites (tertiary alicyclic amines) is 2. The van der Waals surface area contributed by atoms with Crippen molar-refractivity contribution in [2.75, 3.05) is 26.2 Å². The second-order valence-electron chi connectivity index (χ2n) is 15.4. The van der Waals surface area contributed by atoms with Crippen LogP contribution in [0.25, 0.3) is 0 Å². The van der Waals surface area contributed by atoms with Crippen molar-refractivity contribution < 1.29 is 27.2 Å². The average Bonchev–Trinajstić information content (AvgIpc) is 3.31. The number of carbonyl (C=O) groups is 2. The summed E-state index contributed by atoms with van der Waals surface area (Å²) < 4.78 is 56.6. The molecule has 2 unspecified atom stereocenters. The highest BCUT2D eigenvalue weighted by molar-refractivity contribution is 5.80. The van der Waals surface area contributed by atoms with Crippen molar-refractivity contribution in [3.05, 3.63) is 35.4 Å². The van der Waals surface area contributed by atoms with Gasteiger partial charge in [0.2, 0.25) is 11.8 Å². The van der Waals surface area contributed by atoms with Crippen LogP contribution in [-0.4, -0.2) is 65.3 Å². The van der Waals surface area contributed by atoms with E-state index in [0.717, 1.165) is 31.7 Å². The van der Waals surface area contributed by atoms with Crippen molar-refractivity contribution in [1.82, 2.24) is 15.1 Å². The highest BCUT2D eigenvalue weighted by Crippen LogP contribution is 2.46. The lowest BCUT2D eigenvalue weighted by atomic mass is 9.70. The van der Waals surface area contributed by atoms with Crippen LogP contribution in [0.2, 0.25) is 0 Å². The fourth-order valence-corrected chi connectivity index (χ4v) is 8.15. The summed E-state index contributed by atoms with van der Waals surface area (Å²) in [5.74, 6) is -4.15. The van der Waals surface area contributed by atoms with Crippen LogP contribution in [0.15, 0.2) is 18.2 Å². The number of carbonyl (C=O) groups excluding carboxylic acids is 2. The van der Waals surface area contributed by atoms with Crippen molar-refractivity contribution in [3.8, 4) is 0 Å². The summed E-state index contributed by atoms with van der Waals surface area (Å²) in [4.78, 5) is 29.9. The van der Waals surface area contributed by atoms with Crippen molar-refractivity contribution >= 4 is 11.8 Å². The van der Waals surface area contributed by atoms with Gasteiger partial charge in [0.05, 0.1) is 0 Å². The Morgan fingerprint density at radius 3 is 2.16 bits per heavy atom. The maximum absolute atomic E-state index is 15.0. The van der Waals surface area contributed by atoms with Crippen LogP contribution in [0, 0.1) is 34.8 Å². The number of hydrogen-bond donors (Lipinski definition) is 1. The van der Waals surface area contributed by atoms with Crippen LogP contribution in [0.5, 0.6) is 0 Å². The minimum Gasteiger partial charge on any atom is -0.351 e. The molecule has 3 aliphatic rings. The fraction of sp³-hybridized carbons (Fsp3) is 0.765. The molecule has 2 amide bonds. The molecule has 43 heavy (non-hydrogen) atoms. The molecule has 9 heteroatoms. The third-order valence-electron chi connectivity index (χ3n) is 9.94. The molecule has 0 spiro atoms. The zero-order valence-electron chi connectivity index (χ0n) is 26.8. The highest BCUT2D eigenvalue weighted by Gasteiger charge is 2.47. The molecule has 5 nitrogen and oxygen atoms in total. The molecule has 4 rings (SSSR count). The zero-order valence-corrected chi connectivity index (χ0v) is 26.8. The van der Waals surface area contributed by atoms with Gasteiger partial charge in [-0.2, -0.15) is 0 Å². The molecule has 3 fully saturated rings. The Morgan fingerprint density at radius 1 is 0.977 bits per heavy atom.